The van der Waals surface area contributed by atoms with Crippen molar-refractivity contribution < 1.29 is 9.53 Å². The van der Waals surface area contributed by atoms with Crippen molar-refractivity contribution in [3.05, 3.63) is 23.1 Å². The Morgan fingerprint density at radius 3 is 2.62 bits per heavy atom. The van der Waals surface area contributed by atoms with E-state index in [2.05, 4.69) is 36.1 Å². The summed E-state index contributed by atoms with van der Waals surface area (Å²) in [5, 5.41) is 3.03. The van der Waals surface area contributed by atoms with Gasteiger partial charge in [-0.15, -0.1) is 0 Å². The van der Waals surface area contributed by atoms with Crippen LogP contribution < -0.4 is 10.2 Å². The molecule has 1 aliphatic heterocycles. The van der Waals surface area contributed by atoms with Crippen LogP contribution in [0.1, 0.15) is 33.6 Å². The molecule has 26 heavy (non-hydrogen) atoms. The third kappa shape index (κ3) is 3.39. The molecule has 2 aromatic heterocycles. The summed E-state index contributed by atoms with van der Waals surface area (Å²) >= 11 is 3.50. The number of amides is 1. The van der Waals surface area contributed by atoms with Gasteiger partial charge < -0.3 is 15.0 Å². The molecular formula is C18H24BrN5O2. The number of nitrogens with one attached hydrogen (secondary N) is 1. The summed E-state index contributed by atoms with van der Waals surface area (Å²) in [5.74, 6) is 2.07. The highest BCUT2D eigenvalue weighted by Crippen LogP contribution is 2.39. The normalized spacial score (nSPS) is 25.5. The number of halogens is 1. The van der Waals surface area contributed by atoms with E-state index in [0.29, 0.717) is 11.8 Å². The van der Waals surface area contributed by atoms with Gasteiger partial charge in [-0.25, -0.2) is 14.8 Å². The van der Waals surface area contributed by atoms with Gasteiger partial charge in [0.2, 0.25) is 5.95 Å². The van der Waals surface area contributed by atoms with Crippen LogP contribution in [0.4, 0.5) is 10.7 Å². The SMILES string of the molecule is CC(C)(C)OC(=O)NC1CC2CN(c3ncc(Br)c4nccn34)CC2C1. The van der Waals surface area contributed by atoms with Gasteiger partial charge in [0.05, 0.1) is 4.47 Å². The van der Waals surface area contributed by atoms with Crippen molar-refractivity contribution in [2.24, 2.45) is 11.8 Å². The number of fused-ring (bicyclic) bond motifs is 2. The maximum absolute atomic E-state index is 12.0. The zero-order valence-electron chi connectivity index (χ0n) is 15.3. The van der Waals surface area contributed by atoms with Gasteiger partial charge in [-0.05, 0) is 61.4 Å². The molecule has 1 N–H and O–H groups in total. The van der Waals surface area contributed by atoms with Gasteiger partial charge in [-0.1, -0.05) is 0 Å². The standard InChI is InChI=1S/C18H24BrN5O2/c1-18(2,3)26-17(25)22-13-6-11-9-23(10-12(11)7-13)16-21-8-14(19)15-20-4-5-24(15)16/h4-5,8,11-13H,6-7,9-10H2,1-3H3,(H,22,25). The molecule has 2 unspecified atom stereocenters. The zero-order chi connectivity index (χ0) is 18.5. The summed E-state index contributed by atoms with van der Waals surface area (Å²) in [6.07, 6.45) is 7.23. The Balaban J connectivity index is 1.40. The number of carbonyl (C=O) groups is 1. The summed E-state index contributed by atoms with van der Waals surface area (Å²) in [6, 6.07) is 0.202. The first-order valence-electron chi connectivity index (χ1n) is 9.02. The number of ether oxygens (including phenoxy) is 1. The van der Waals surface area contributed by atoms with Gasteiger partial charge >= 0.3 is 6.09 Å². The van der Waals surface area contributed by atoms with Crippen molar-refractivity contribution in [2.75, 3.05) is 18.0 Å². The summed E-state index contributed by atoms with van der Waals surface area (Å²) < 4.78 is 8.30. The molecule has 1 amide bonds. The molecule has 1 saturated carbocycles. The number of aromatic nitrogens is 3. The van der Waals surface area contributed by atoms with Crippen LogP contribution in [0.5, 0.6) is 0 Å². The molecule has 0 radical (unpaired) electrons. The average molecular weight is 422 g/mol. The second-order valence-electron chi connectivity index (χ2n) is 8.27. The molecule has 2 aliphatic rings. The van der Waals surface area contributed by atoms with Crippen molar-refractivity contribution >= 4 is 33.6 Å². The van der Waals surface area contributed by atoms with Crippen LogP contribution in [0.3, 0.4) is 0 Å². The largest absolute Gasteiger partial charge is 0.444 e. The van der Waals surface area contributed by atoms with E-state index in [1.165, 1.54) is 0 Å². The Morgan fingerprint density at radius 2 is 1.96 bits per heavy atom. The summed E-state index contributed by atoms with van der Waals surface area (Å²) in [6.45, 7) is 7.57. The molecule has 1 aliphatic carbocycles. The Hall–Kier alpha value is -1.83. The fourth-order valence-electron chi connectivity index (χ4n) is 4.17. The van der Waals surface area contributed by atoms with E-state index in [-0.39, 0.29) is 12.1 Å². The van der Waals surface area contributed by atoms with Crippen molar-refractivity contribution in [3.8, 4) is 0 Å². The summed E-state index contributed by atoms with van der Waals surface area (Å²) in [4.78, 5) is 23.3. The minimum absolute atomic E-state index is 0.202. The van der Waals surface area contributed by atoms with Crippen LogP contribution in [0, 0.1) is 11.8 Å². The first kappa shape index (κ1) is 17.6. The smallest absolute Gasteiger partial charge is 0.407 e. The van der Waals surface area contributed by atoms with E-state index >= 15 is 0 Å². The molecule has 3 heterocycles. The van der Waals surface area contributed by atoms with E-state index in [9.17, 15) is 4.79 Å². The molecule has 0 spiro atoms. The van der Waals surface area contributed by atoms with E-state index in [1.54, 1.807) is 6.20 Å². The second kappa shape index (κ2) is 6.40. The van der Waals surface area contributed by atoms with Crippen molar-refractivity contribution in [1.82, 2.24) is 19.7 Å². The van der Waals surface area contributed by atoms with Crippen LogP contribution in [-0.2, 0) is 4.74 Å². The number of anilines is 1. The van der Waals surface area contributed by atoms with Crippen molar-refractivity contribution in [3.63, 3.8) is 0 Å². The van der Waals surface area contributed by atoms with Gasteiger partial charge in [-0.2, -0.15) is 0 Å². The molecule has 2 aromatic rings. The monoisotopic (exact) mass is 421 g/mol. The summed E-state index contributed by atoms with van der Waals surface area (Å²) in [5.41, 5.74) is 0.426. The number of nitrogens with zero attached hydrogens (tertiary/aromatic N) is 4. The lowest BCUT2D eigenvalue weighted by Gasteiger charge is -2.23. The zero-order valence-corrected chi connectivity index (χ0v) is 16.9. The number of rotatable bonds is 2. The fraction of sp³-hybridized carbons (Fsp3) is 0.611. The van der Waals surface area contributed by atoms with Crippen LogP contribution in [0.25, 0.3) is 5.65 Å². The minimum Gasteiger partial charge on any atom is -0.444 e. The van der Waals surface area contributed by atoms with E-state index in [0.717, 1.165) is 42.0 Å². The predicted octanol–water partition coefficient (Wildman–Crippen LogP) is 3.23. The van der Waals surface area contributed by atoms with E-state index in [1.807, 2.05) is 37.6 Å². The molecule has 2 atom stereocenters. The Bertz CT molecular complexity index is 817. The first-order chi connectivity index (χ1) is 12.3. The number of hydrogen-bond donors (Lipinski definition) is 1. The van der Waals surface area contributed by atoms with Gasteiger partial charge in [0.15, 0.2) is 5.65 Å². The Labute approximate surface area is 161 Å². The third-order valence-corrected chi connectivity index (χ3v) is 5.68. The maximum Gasteiger partial charge on any atom is 0.407 e. The van der Waals surface area contributed by atoms with Crippen molar-refractivity contribution in [1.29, 1.82) is 0 Å². The molecule has 0 aromatic carbocycles. The highest BCUT2D eigenvalue weighted by molar-refractivity contribution is 9.10. The third-order valence-electron chi connectivity index (χ3n) is 5.12. The van der Waals surface area contributed by atoms with Gasteiger partial charge in [0.1, 0.15) is 5.60 Å². The molecule has 8 heteroatoms. The average Bonchev–Trinajstić information content (AvgIpc) is 3.19. The lowest BCUT2D eigenvalue weighted by Crippen LogP contribution is -2.39. The lowest BCUT2D eigenvalue weighted by molar-refractivity contribution is 0.0504. The Morgan fingerprint density at radius 1 is 1.27 bits per heavy atom. The fourth-order valence-corrected chi connectivity index (χ4v) is 4.56. The van der Waals surface area contributed by atoms with Gasteiger partial charge in [0.25, 0.3) is 0 Å². The van der Waals surface area contributed by atoms with E-state index in [4.69, 9.17) is 4.74 Å². The second-order valence-corrected chi connectivity index (χ2v) is 9.12. The predicted molar refractivity (Wildman–Crippen MR) is 102 cm³/mol. The Kier molecular flexibility index (Phi) is 4.33. The molecule has 0 bridgehead atoms. The van der Waals surface area contributed by atoms with Crippen molar-refractivity contribution in [2.45, 2.75) is 45.3 Å². The topological polar surface area (TPSA) is 71.8 Å². The molecule has 140 valence electrons. The van der Waals surface area contributed by atoms with E-state index < -0.39 is 5.60 Å². The lowest BCUT2D eigenvalue weighted by atomic mass is 10.0. The van der Waals surface area contributed by atoms with Gasteiger partial charge in [0, 0.05) is 37.7 Å². The van der Waals surface area contributed by atoms with Crippen LogP contribution in [-0.4, -0.2) is 45.2 Å². The maximum atomic E-state index is 12.0. The number of alkyl carbamates (subject to hydrolysis) is 1. The highest BCUT2D eigenvalue weighted by Gasteiger charge is 2.42. The van der Waals surface area contributed by atoms with Crippen LogP contribution in [0.15, 0.2) is 23.1 Å². The molecule has 7 nitrogen and oxygen atoms in total. The van der Waals surface area contributed by atoms with Gasteiger partial charge in [-0.3, -0.25) is 4.40 Å². The first-order valence-corrected chi connectivity index (χ1v) is 9.81. The quantitative estimate of drug-likeness (QED) is 0.805. The summed E-state index contributed by atoms with van der Waals surface area (Å²) in [7, 11) is 0. The number of hydrogen-bond acceptors (Lipinski definition) is 5. The number of carbonyl (C=O) groups excluding carboxylic acids is 1. The van der Waals surface area contributed by atoms with Crippen LogP contribution in [0.2, 0.25) is 0 Å². The molecule has 2 fully saturated rings. The molecule has 4 rings (SSSR count). The molecule has 1 saturated heterocycles. The molecular weight excluding hydrogens is 398 g/mol. The van der Waals surface area contributed by atoms with Crippen LogP contribution >= 0.6 is 15.9 Å². The minimum atomic E-state index is -0.460. The highest BCUT2D eigenvalue weighted by atomic mass is 79.9. The number of imidazole rings is 1.